The van der Waals surface area contributed by atoms with Crippen LogP contribution >= 0.6 is 0 Å². The van der Waals surface area contributed by atoms with Crippen molar-refractivity contribution in [1.29, 1.82) is 0 Å². The smallest absolute Gasteiger partial charge is 0.412 e. The second kappa shape index (κ2) is 14.0. The number of halogens is 4. The number of rotatable bonds is 7. The van der Waals surface area contributed by atoms with E-state index in [1.165, 1.54) is 30.6 Å². The molecule has 3 aromatic rings. The maximum Gasteiger partial charge on any atom is 0.412 e. The average molecular weight is 657 g/mol. The molecule has 10 nitrogen and oxygen atoms in total. The number of pyridine rings is 1. The van der Waals surface area contributed by atoms with E-state index < -0.39 is 54.7 Å². The lowest BCUT2D eigenvalue weighted by atomic mass is 9.84. The third kappa shape index (κ3) is 7.99. The quantitative estimate of drug-likeness (QED) is 0.291. The molecule has 1 aromatic heterocycles. The standard InChI is InChI=1S/C33H36F4N6O4/c1-19-16-43(17-20(2)42(19)3)29-12-27(34)24(10-28(29)41-31(45)25-15-39-30(44)11-26(25)33(35,36)37)22-9-23(14-38-13-22)40-32(46)47-18-21-7-5-4-6-8-21/h4-10,12-14,19-20,25-26H,11,15-18H2,1-3H3,(H,39,44)(H,40,46)(H,41,45)/t19-,20+,25?,26?. The summed E-state index contributed by atoms with van der Waals surface area (Å²) in [5.74, 6) is -6.16. The number of aromatic nitrogens is 1. The molecule has 0 radical (unpaired) electrons. The zero-order valence-corrected chi connectivity index (χ0v) is 26.1. The first-order chi connectivity index (χ1) is 22.3. The first-order valence-electron chi connectivity index (χ1n) is 15.2. The molecule has 0 saturated carbocycles. The molecule has 2 aromatic carbocycles. The molecule has 250 valence electrons. The van der Waals surface area contributed by atoms with E-state index >= 15 is 4.39 Å². The molecule has 2 aliphatic heterocycles. The van der Waals surface area contributed by atoms with E-state index in [2.05, 4.69) is 25.8 Å². The number of likely N-dealkylation sites (N-methyl/N-ethyl adjacent to an activating group) is 1. The minimum absolute atomic E-state index is 0.00241. The summed E-state index contributed by atoms with van der Waals surface area (Å²) in [5, 5.41) is 7.54. The van der Waals surface area contributed by atoms with Crippen molar-refractivity contribution in [2.45, 2.75) is 45.1 Å². The molecule has 4 atom stereocenters. The fourth-order valence-corrected chi connectivity index (χ4v) is 5.90. The Morgan fingerprint density at radius 2 is 1.74 bits per heavy atom. The van der Waals surface area contributed by atoms with E-state index in [-0.39, 0.29) is 41.2 Å². The van der Waals surface area contributed by atoms with Gasteiger partial charge in [0.2, 0.25) is 11.8 Å². The van der Waals surface area contributed by atoms with Crippen LogP contribution in [0.1, 0.15) is 25.8 Å². The van der Waals surface area contributed by atoms with Gasteiger partial charge in [0.15, 0.2) is 0 Å². The lowest BCUT2D eigenvalue weighted by Gasteiger charge is -2.44. The second-order valence-electron chi connectivity index (χ2n) is 12.0. The Bertz CT molecular complexity index is 1610. The lowest BCUT2D eigenvalue weighted by Crippen LogP contribution is -2.55. The fraction of sp³-hybridized carbons (Fsp3) is 0.394. The normalized spacial score (nSPS) is 21.9. The van der Waals surface area contributed by atoms with Crippen molar-refractivity contribution in [3.63, 3.8) is 0 Å². The van der Waals surface area contributed by atoms with Crippen molar-refractivity contribution < 1.29 is 36.7 Å². The van der Waals surface area contributed by atoms with Crippen LogP contribution in [0.3, 0.4) is 0 Å². The Kier molecular flexibility index (Phi) is 9.99. The number of anilines is 3. The van der Waals surface area contributed by atoms with Gasteiger partial charge < -0.3 is 20.3 Å². The molecule has 0 bridgehead atoms. The first-order valence-corrected chi connectivity index (χ1v) is 15.2. The van der Waals surface area contributed by atoms with Crippen molar-refractivity contribution in [3.8, 4) is 11.1 Å². The van der Waals surface area contributed by atoms with Crippen molar-refractivity contribution >= 4 is 35.0 Å². The Hall–Kier alpha value is -4.72. The lowest BCUT2D eigenvalue weighted by molar-refractivity contribution is -0.197. The summed E-state index contributed by atoms with van der Waals surface area (Å²) in [7, 11) is 1.97. The van der Waals surface area contributed by atoms with Crippen LogP contribution in [0.4, 0.5) is 39.4 Å². The number of benzene rings is 2. The molecule has 14 heteroatoms. The van der Waals surface area contributed by atoms with Gasteiger partial charge in [0, 0.05) is 55.5 Å². The highest BCUT2D eigenvalue weighted by Crippen LogP contribution is 2.40. The number of carbonyl (C=O) groups excluding carboxylic acids is 3. The van der Waals surface area contributed by atoms with Gasteiger partial charge in [-0.1, -0.05) is 30.3 Å². The van der Waals surface area contributed by atoms with Gasteiger partial charge in [0.1, 0.15) is 12.4 Å². The van der Waals surface area contributed by atoms with E-state index in [9.17, 15) is 27.6 Å². The van der Waals surface area contributed by atoms with Gasteiger partial charge in [-0.15, -0.1) is 0 Å². The molecule has 2 unspecified atom stereocenters. The Morgan fingerprint density at radius 1 is 1.04 bits per heavy atom. The van der Waals surface area contributed by atoms with Crippen molar-refractivity contribution in [3.05, 3.63) is 72.3 Å². The van der Waals surface area contributed by atoms with Crippen LogP contribution in [0.15, 0.2) is 60.9 Å². The number of hydrogen-bond donors (Lipinski definition) is 3. The third-order valence-corrected chi connectivity index (χ3v) is 8.72. The van der Waals surface area contributed by atoms with Crippen molar-refractivity contribution in [2.75, 3.05) is 42.2 Å². The monoisotopic (exact) mass is 656 g/mol. The highest BCUT2D eigenvalue weighted by atomic mass is 19.4. The van der Waals surface area contributed by atoms with Gasteiger partial charge >= 0.3 is 12.3 Å². The number of nitrogens with zero attached hydrogens (tertiary/aromatic N) is 3. The number of amides is 3. The van der Waals surface area contributed by atoms with Gasteiger partial charge in [-0.2, -0.15) is 13.2 Å². The number of piperidine rings is 1. The van der Waals surface area contributed by atoms with E-state index in [1.807, 2.05) is 44.0 Å². The SMILES string of the molecule is C[C@@H]1CN(c2cc(F)c(-c3cncc(NC(=O)OCc4ccccc4)c3)cc2NC(=O)C2CNC(=O)CC2C(F)(F)F)C[C@H](C)N1C. The van der Waals surface area contributed by atoms with E-state index in [1.54, 1.807) is 12.1 Å². The third-order valence-electron chi connectivity index (χ3n) is 8.72. The molecule has 0 aliphatic carbocycles. The molecule has 0 spiro atoms. The Morgan fingerprint density at radius 3 is 2.43 bits per heavy atom. The summed E-state index contributed by atoms with van der Waals surface area (Å²) in [6.45, 7) is 4.48. The summed E-state index contributed by atoms with van der Waals surface area (Å²) in [4.78, 5) is 45.9. The van der Waals surface area contributed by atoms with Crippen molar-refractivity contribution in [1.82, 2.24) is 15.2 Å². The summed E-state index contributed by atoms with van der Waals surface area (Å²) in [5.41, 5.74) is 1.64. The highest BCUT2D eigenvalue weighted by molar-refractivity contribution is 5.98. The average Bonchev–Trinajstić information content (AvgIpc) is 3.03. The van der Waals surface area contributed by atoms with Crippen LogP contribution in [0.2, 0.25) is 0 Å². The predicted molar refractivity (Wildman–Crippen MR) is 168 cm³/mol. The number of nitrogens with one attached hydrogen (secondary N) is 3. The van der Waals surface area contributed by atoms with Gasteiger partial charge in [-0.3, -0.25) is 24.8 Å². The highest BCUT2D eigenvalue weighted by Gasteiger charge is 2.50. The minimum atomic E-state index is -4.78. The van der Waals surface area contributed by atoms with Gasteiger partial charge in [-0.25, -0.2) is 9.18 Å². The molecule has 5 rings (SSSR count). The number of carbonyl (C=O) groups is 3. The number of hydrogen-bond acceptors (Lipinski definition) is 7. The van der Waals surface area contributed by atoms with Crippen LogP contribution in [0, 0.1) is 17.7 Å². The Labute approximate surface area is 269 Å². The van der Waals surface area contributed by atoms with Crippen LogP contribution in [-0.2, 0) is 20.9 Å². The molecule has 3 heterocycles. The second-order valence-corrected chi connectivity index (χ2v) is 12.0. The van der Waals surface area contributed by atoms with Gasteiger partial charge in [0.05, 0.1) is 35.1 Å². The van der Waals surface area contributed by atoms with Gasteiger partial charge in [0.25, 0.3) is 0 Å². The number of alkyl halides is 3. The number of piperazine rings is 1. The maximum absolute atomic E-state index is 15.9. The zero-order chi connectivity index (χ0) is 33.9. The molecular formula is C33H36F4N6O4. The molecule has 3 N–H and O–H groups in total. The van der Waals surface area contributed by atoms with Crippen molar-refractivity contribution in [2.24, 2.45) is 11.8 Å². The van der Waals surface area contributed by atoms with Crippen LogP contribution in [-0.4, -0.2) is 72.7 Å². The zero-order valence-electron chi connectivity index (χ0n) is 26.1. The largest absolute Gasteiger partial charge is 0.444 e. The summed E-state index contributed by atoms with van der Waals surface area (Å²) >= 11 is 0. The maximum atomic E-state index is 15.9. The first kappa shape index (κ1) is 33.6. The fourth-order valence-electron chi connectivity index (χ4n) is 5.90. The molecule has 2 saturated heterocycles. The summed E-state index contributed by atoms with van der Waals surface area (Å²) in [6, 6.07) is 13.2. The van der Waals surface area contributed by atoms with Crippen LogP contribution < -0.4 is 20.9 Å². The van der Waals surface area contributed by atoms with Gasteiger partial charge in [-0.05, 0) is 44.7 Å². The van der Waals surface area contributed by atoms with E-state index in [4.69, 9.17) is 4.74 Å². The predicted octanol–water partition coefficient (Wildman–Crippen LogP) is 5.42. The topological polar surface area (TPSA) is 116 Å². The van der Waals surface area contributed by atoms with E-state index in [0.29, 0.717) is 18.8 Å². The molecule has 3 amide bonds. The number of ether oxygens (including phenoxy) is 1. The molecular weight excluding hydrogens is 620 g/mol. The molecule has 2 fully saturated rings. The summed E-state index contributed by atoms with van der Waals surface area (Å²) < 4.78 is 62.8. The van der Waals surface area contributed by atoms with E-state index in [0.717, 1.165) is 5.56 Å². The molecule has 47 heavy (non-hydrogen) atoms. The molecule has 2 aliphatic rings. The summed E-state index contributed by atoms with van der Waals surface area (Å²) in [6.07, 6.45) is -3.69. The van der Waals surface area contributed by atoms with Crippen LogP contribution in [0.5, 0.6) is 0 Å². The Balaban J connectivity index is 1.45. The van der Waals surface area contributed by atoms with Crippen LogP contribution in [0.25, 0.3) is 11.1 Å². The minimum Gasteiger partial charge on any atom is -0.444 e.